The maximum atomic E-state index is 3.71. The van der Waals surface area contributed by atoms with Crippen LogP contribution in [0.4, 0.5) is 0 Å². The average molecular weight is 274 g/mol. The molecule has 1 atom stereocenters. The number of hydrogen-bond acceptors (Lipinski definition) is 2. The molecule has 1 unspecified atom stereocenters. The molecule has 0 aliphatic heterocycles. The standard InChI is InChI=1S/C18H30N2/c1-4-19-18(16-10-7-8-11-16)14-20(3)13-17-12-6-5-9-15(17)2/h5-6,9,12,16,18-19H,4,7-8,10-11,13-14H2,1-3H3. The highest BCUT2D eigenvalue weighted by Crippen LogP contribution is 2.28. The summed E-state index contributed by atoms with van der Waals surface area (Å²) in [7, 11) is 2.26. The van der Waals surface area contributed by atoms with E-state index in [9.17, 15) is 0 Å². The molecule has 2 nitrogen and oxygen atoms in total. The number of nitrogens with zero attached hydrogens (tertiary/aromatic N) is 1. The molecule has 0 amide bonds. The van der Waals surface area contributed by atoms with Gasteiger partial charge >= 0.3 is 0 Å². The first-order chi connectivity index (χ1) is 9.70. The largest absolute Gasteiger partial charge is 0.313 e. The van der Waals surface area contributed by atoms with Crippen LogP contribution in [0.5, 0.6) is 0 Å². The number of hydrogen-bond donors (Lipinski definition) is 1. The van der Waals surface area contributed by atoms with Gasteiger partial charge in [-0.25, -0.2) is 0 Å². The van der Waals surface area contributed by atoms with Crippen molar-refractivity contribution in [3.63, 3.8) is 0 Å². The molecule has 1 aliphatic rings. The van der Waals surface area contributed by atoms with Crippen LogP contribution in [-0.4, -0.2) is 31.1 Å². The molecule has 0 bridgehead atoms. The van der Waals surface area contributed by atoms with Crippen molar-refractivity contribution in [3.8, 4) is 0 Å². The van der Waals surface area contributed by atoms with Gasteiger partial charge in [-0.05, 0) is 50.4 Å². The summed E-state index contributed by atoms with van der Waals surface area (Å²) in [5.74, 6) is 0.884. The lowest BCUT2D eigenvalue weighted by Crippen LogP contribution is -2.43. The van der Waals surface area contributed by atoms with E-state index in [2.05, 4.69) is 55.4 Å². The molecule has 1 fully saturated rings. The normalized spacial score (nSPS) is 17.8. The third-order valence-electron chi connectivity index (χ3n) is 4.65. The molecule has 2 rings (SSSR count). The Bertz CT molecular complexity index is 396. The third-order valence-corrected chi connectivity index (χ3v) is 4.65. The Hall–Kier alpha value is -0.860. The topological polar surface area (TPSA) is 15.3 Å². The molecule has 112 valence electrons. The molecule has 0 aromatic heterocycles. The van der Waals surface area contributed by atoms with Gasteiger partial charge in [0.05, 0.1) is 0 Å². The molecule has 1 N–H and O–H groups in total. The van der Waals surface area contributed by atoms with Crippen LogP contribution < -0.4 is 5.32 Å². The maximum absolute atomic E-state index is 3.71. The molecule has 0 heterocycles. The van der Waals surface area contributed by atoms with Gasteiger partial charge in [0.1, 0.15) is 0 Å². The molecular weight excluding hydrogens is 244 g/mol. The first-order valence-electron chi connectivity index (χ1n) is 8.17. The molecule has 0 saturated heterocycles. The fraction of sp³-hybridized carbons (Fsp3) is 0.667. The van der Waals surface area contributed by atoms with Crippen molar-refractivity contribution in [3.05, 3.63) is 35.4 Å². The lowest BCUT2D eigenvalue weighted by molar-refractivity contribution is 0.237. The molecule has 2 heteroatoms. The Morgan fingerprint density at radius 1 is 1.25 bits per heavy atom. The molecule has 1 aliphatic carbocycles. The van der Waals surface area contributed by atoms with E-state index in [1.807, 2.05) is 0 Å². The Balaban J connectivity index is 1.90. The van der Waals surface area contributed by atoms with E-state index in [-0.39, 0.29) is 0 Å². The van der Waals surface area contributed by atoms with Gasteiger partial charge in [-0.3, -0.25) is 0 Å². The molecule has 0 radical (unpaired) electrons. The zero-order valence-corrected chi connectivity index (χ0v) is 13.4. The zero-order valence-electron chi connectivity index (χ0n) is 13.4. The highest BCUT2D eigenvalue weighted by atomic mass is 15.1. The van der Waals surface area contributed by atoms with E-state index in [0.29, 0.717) is 6.04 Å². The van der Waals surface area contributed by atoms with E-state index >= 15 is 0 Å². The Morgan fingerprint density at radius 2 is 1.95 bits per heavy atom. The molecule has 1 aromatic carbocycles. The van der Waals surface area contributed by atoms with Gasteiger partial charge in [0.15, 0.2) is 0 Å². The first-order valence-corrected chi connectivity index (χ1v) is 8.17. The van der Waals surface area contributed by atoms with Crippen LogP contribution in [0.3, 0.4) is 0 Å². The van der Waals surface area contributed by atoms with E-state index in [4.69, 9.17) is 0 Å². The number of likely N-dealkylation sites (N-methyl/N-ethyl adjacent to an activating group) is 2. The van der Waals surface area contributed by atoms with Crippen molar-refractivity contribution in [2.24, 2.45) is 5.92 Å². The van der Waals surface area contributed by atoms with Crippen molar-refractivity contribution in [1.29, 1.82) is 0 Å². The summed E-state index contributed by atoms with van der Waals surface area (Å²) in [6.07, 6.45) is 5.67. The van der Waals surface area contributed by atoms with E-state index < -0.39 is 0 Å². The predicted molar refractivity (Wildman–Crippen MR) is 86.9 cm³/mol. The van der Waals surface area contributed by atoms with Gasteiger partial charge in [0.25, 0.3) is 0 Å². The van der Waals surface area contributed by atoms with Crippen molar-refractivity contribution in [2.75, 3.05) is 20.1 Å². The van der Waals surface area contributed by atoms with E-state index in [1.54, 1.807) is 0 Å². The van der Waals surface area contributed by atoms with Crippen LogP contribution in [0, 0.1) is 12.8 Å². The molecule has 1 saturated carbocycles. The van der Waals surface area contributed by atoms with Crippen molar-refractivity contribution in [1.82, 2.24) is 10.2 Å². The summed E-state index contributed by atoms with van der Waals surface area (Å²) in [5.41, 5.74) is 2.86. The van der Waals surface area contributed by atoms with Crippen molar-refractivity contribution < 1.29 is 0 Å². The number of rotatable bonds is 7. The zero-order chi connectivity index (χ0) is 14.4. The van der Waals surface area contributed by atoms with Crippen molar-refractivity contribution in [2.45, 2.75) is 52.1 Å². The maximum Gasteiger partial charge on any atom is 0.0233 e. The van der Waals surface area contributed by atoms with Gasteiger partial charge in [0.2, 0.25) is 0 Å². The predicted octanol–water partition coefficient (Wildman–Crippen LogP) is 3.60. The fourth-order valence-electron chi connectivity index (χ4n) is 3.48. The summed E-state index contributed by atoms with van der Waals surface area (Å²) < 4.78 is 0. The SMILES string of the molecule is CCNC(CN(C)Cc1ccccc1C)C1CCCC1. The average Bonchev–Trinajstić information content (AvgIpc) is 2.95. The summed E-state index contributed by atoms with van der Waals surface area (Å²) >= 11 is 0. The molecule has 0 spiro atoms. The lowest BCUT2D eigenvalue weighted by Gasteiger charge is -2.29. The first kappa shape index (κ1) is 15.5. The van der Waals surface area contributed by atoms with Gasteiger partial charge < -0.3 is 10.2 Å². The smallest absolute Gasteiger partial charge is 0.0233 e. The monoisotopic (exact) mass is 274 g/mol. The van der Waals surface area contributed by atoms with Crippen LogP contribution in [0.25, 0.3) is 0 Å². The van der Waals surface area contributed by atoms with Gasteiger partial charge in [-0.15, -0.1) is 0 Å². The van der Waals surface area contributed by atoms with Crippen LogP contribution >= 0.6 is 0 Å². The van der Waals surface area contributed by atoms with Crippen LogP contribution in [0.15, 0.2) is 24.3 Å². The second-order valence-electron chi connectivity index (χ2n) is 6.33. The summed E-state index contributed by atoms with van der Waals surface area (Å²) in [5, 5.41) is 3.71. The third kappa shape index (κ3) is 4.32. The Kier molecular flexibility index (Phi) is 6.06. The molecular formula is C18H30N2. The van der Waals surface area contributed by atoms with Gasteiger partial charge in [0, 0.05) is 19.1 Å². The van der Waals surface area contributed by atoms with Crippen LogP contribution in [0.1, 0.15) is 43.7 Å². The fourth-order valence-corrected chi connectivity index (χ4v) is 3.48. The molecule has 20 heavy (non-hydrogen) atoms. The number of benzene rings is 1. The summed E-state index contributed by atoms with van der Waals surface area (Å²) in [4.78, 5) is 2.48. The summed E-state index contributed by atoms with van der Waals surface area (Å²) in [6, 6.07) is 9.40. The minimum Gasteiger partial charge on any atom is -0.313 e. The van der Waals surface area contributed by atoms with E-state index in [0.717, 1.165) is 25.6 Å². The van der Waals surface area contributed by atoms with Gasteiger partial charge in [-0.1, -0.05) is 44.0 Å². The minimum atomic E-state index is 0.663. The second kappa shape index (κ2) is 7.80. The van der Waals surface area contributed by atoms with Crippen LogP contribution in [0.2, 0.25) is 0 Å². The quantitative estimate of drug-likeness (QED) is 0.817. The van der Waals surface area contributed by atoms with E-state index in [1.165, 1.54) is 36.8 Å². The van der Waals surface area contributed by atoms with Crippen LogP contribution in [-0.2, 0) is 6.54 Å². The number of aryl methyl sites for hydroxylation is 1. The summed E-state index contributed by atoms with van der Waals surface area (Å²) in [6.45, 7) is 7.73. The van der Waals surface area contributed by atoms with Gasteiger partial charge in [-0.2, -0.15) is 0 Å². The number of nitrogens with one attached hydrogen (secondary N) is 1. The molecule has 1 aromatic rings. The second-order valence-corrected chi connectivity index (χ2v) is 6.33. The highest BCUT2D eigenvalue weighted by molar-refractivity contribution is 5.25. The Labute approximate surface area is 124 Å². The minimum absolute atomic E-state index is 0.663. The van der Waals surface area contributed by atoms with Crippen molar-refractivity contribution >= 4 is 0 Å². The Morgan fingerprint density at radius 3 is 2.60 bits per heavy atom. The highest BCUT2D eigenvalue weighted by Gasteiger charge is 2.25. The lowest BCUT2D eigenvalue weighted by atomic mass is 9.97.